The van der Waals surface area contributed by atoms with Crippen molar-refractivity contribution in [2.45, 2.75) is 46.1 Å². The molecular formula is C10H20O. The lowest BCUT2D eigenvalue weighted by Crippen LogP contribution is -2.30. The van der Waals surface area contributed by atoms with E-state index >= 15 is 0 Å². The largest absolute Gasteiger partial charge is 0.390 e. The summed E-state index contributed by atoms with van der Waals surface area (Å²) in [4.78, 5) is 0. The maximum atomic E-state index is 9.88. The minimum Gasteiger partial charge on any atom is -0.390 e. The van der Waals surface area contributed by atoms with Gasteiger partial charge in [-0.2, -0.15) is 0 Å². The van der Waals surface area contributed by atoms with E-state index in [0.29, 0.717) is 5.92 Å². The molecule has 0 aliphatic heterocycles. The van der Waals surface area contributed by atoms with Crippen molar-refractivity contribution in [3.8, 4) is 0 Å². The summed E-state index contributed by atoms with van der Waals surface area (Å²) in [6, 6.07) is 0. The molecule has 1 aliphatic carbocycles. The smallest absolute Gasteiger partial charge is 0.0648 e. The van der Waals surface area contributed by atoms with Gasteiger partial charge in [0, 0.05) is 0 Å². The fraction of sp³-hybridized carbons (Fsp3) is 1.00. The van der Waals surface area contributed by atoms with Crippen molar-refractivity contribution in [1.82, 2.24) is 0 Å². The number of hydrogen-bond donors (Lipinski definition) is 1. The third-order valence-electron chi connectivity index (χ3n) is 3.46. The van der Waals surface area contributed by atoms with Gasteiger partial charge in [0.15, 0.2) is 0 Å². The van der Waals surface area contributed by atoms with Gasteiger partial charge < -0.3 is 5.11 Å². The quantitative estimate of drug-likeness (QED) is 0.618. The minimum atomic E-state index is -0.394. The molecule has 0 amide bonds. The molecular weight excluding hydrogens is 136 g/mol. The fourth-order valence-electron chi connectivity index (χ4n) is 2.31. The topological polar surface area (TPSA) is 20.2 Å². The van der Waals surface area contributed by atoms with Crippen LogP contribution >= 0.6 is 0 Å². The third kappa shape index (κ3) is 1.58. The molecule has 0 aromatic rings. The molecule has 1 N–H and O–H groups in total. The standard InChI is InChI=1S/C10H20O/c1-7(2)9-5-6-10(4,11)8(9)3/h7-9,11H,5-6H2,1-4H3. The molecule has 1 rings (SSSR count). The molecule has 0 saturated heterocycles. The lowest BCUT2D eigenvalue weighted by molar-refractivity contribution is 0.0135. The highest BCUT2D eigenvalue weighted by Crippen LogP contribution is 2.43. The summed E-state index contributed by atoms with van der Waals surface area (Å²) in [5.41, 5.74) is -0.394. The Morgan fingerprint density at radius 1 is 1.45 bits per heavy atom. The van der Waals surface area contributed by atoms with Crippen LogP contribution in [-0.4, -0.2) is 10.7 Å². The number of hydrogen-bond acceptors (Lipinski definition) is 1. The zero-order valence-electron chi connectivity index (χ0n) is 8.09. The summed E-state index contributed by atoms with van der Waals surface area (Å²) < 4.78 is 0. The molecule has 1 aliphatic rings. The molecule has 1 saturated carbocycles. The number of aliphatic hydroxyl groups is 1. The Morgan fingerprint density at radius 2 is 2.00 bits per heavy atom. The molecule has 0 spiro atoms. The van der Waals surface area contributed by atoms with E-state index in [1.807, 2.05) is 6.92 Å². The van der Waals surface area contributed by atoms with Gasteiger partial charge in [0.25, 0.3) is 0 Å². The molecule has 0 aromatic heterocycles. The van der Waals surface area contributed by atoms with E-state index < -0.39 is 5.60 Å². The van der Waals surface area contributed by atoms with Gasteiger partial charge in [-0.3, -0.25) is 0 Å². The second kappa shape index (κ2) is 2.78. The summed E-state index contributed by atoms with van der Waals surface area (Å²) in [6.07, 6.45) is 2.18. The van der Waals surface area contributed by atoms with Crippen molar-refractivity contribution in [1.29, 1.82) is 0 Å². The van der Waals surface area contributed by atoms with Crippen molar-refractivity contribution >= 4 is 0 Å². The zero-order chi connectivity index (χ0) is 8.65. The highest BCUT2D eigenvalue weighted by atomic mass is 16.3. The van der Waals surface area contributed by atoms with Gasteiger partial charge in [0.1, 0.15) is 0 Å². The summed E-state index contributed by atoms with van der Waals surface area (Å²) in [5.74, 6) is 1.92. The van der Waals surface area contributed by atoms with Gasteiger partial charge in [-0.05, 0) is 37.5 Å². The summed E-state index contributed by atoms with van der Waals surface area (Å²) in [7, 11) is 0. The second-order valence-electron chi connectivity index (χ2n) is 4.59. The normalized spacial score (nSPS) is 45.3. The Morgan fingerprint density at radius 3 is 2.18 bits per heavy atom. The van der Waals surface area contributed by atoms with Gasteiger partial charge in [0.2, 0.25) is 0 Å². The van der Waals surface area contributed by atoms with E-state index in [2.05, 4.69) is 20.8 Å². The van der Waals surface area contributed by atoms with E-state index in [1.165, 1.54) is 6.42 Å². The molecule has 1 nitrogen and oxygen atoms in total. The predicted octanol–water partition coefficient (Wildman–Crippen LogP) is 2.44. The van der Waals surface area contributed by atoms with Crippen LogP contribution in [0.25, 0.3) is 0 Å². The summed E-state index contributed by atoms with van der Waals surface area (Å²) >= 11 is 0. The van der Waals surface area contributed by atoms with Crippen LogP contribution in [0.4, 0.5) is 0 Å². The van der Waals surface area contributed by atoms with E-state index in [-0.39, 0.29) is 0 Å². The Bertz CT molecular complexity index is 138. The van der Waals surface area contributed by atoms with Crippen LogP contribution in [0.5, 0.6) is 0 Å². The van der Waals surface area contributed by atoms with E-state index in [1.54, 1.807) is 0 Å². The van der Waals surface area contributed by atoms with Gasteiger partial charge in [-0.25, -0.2) is 0 Å². The Kier molecular flexibility index (Phi) is 2.29. The van der Waals surface area contributed by atoms with Crippen molar-refractivity contribution in [2.24, 2.45) is 17.8 Å². The molecule has 1 heteroatoms. The maximum Gasteiger partial charge on any atom is 0.0648 e. The van der Waals surface area contributed by atoms with Crippen LogP contribution in [-0.2, 0) is 0 Å². The van der Waals surface area contributed by atoms with Crippen molar-refractivity contribution < 1.29 is 5.11 Å². The average molecular weight is 156 g/mol. The van der Waals surface area contributed by atoms with Gasteiger partial charge in [-0.1, -0.05) is 20.8 Å². The minimum absolute atomic E-state index is 0.394. The van der Waals surface area contributed by atoms with Crippen LogP contribution in [0.2, 0.25) is 0 Å². The first kappa shape index (κ1) is 9.05. The first-order valence-electron chi connectivity index (χ1n) is 4.67. The van der Waals surface area contributed by atoms with E-state index in [9.17, 15) is 5.11 Å². The highest BCUT2D eigenvalue weighted by Gasteiger charge is 2.41. The molecule has 3 unspecified atom stereocenters. The second-order valence-corrected chi connectivity index (χ2v) is 4.59. The molecule has 11 heavy (non-hydrogen) atoms. The average Bonchev–Trinajstić information content (AvgIpc) is 2.09. The lowest BCUT2D eigenvalue weighted by Gasteiger charge is -2.27. The number of rotatable bonds is 1. The molecule has 66 valence electrons. The Hall–Kier alpha value is -0.0400. The highest BCUT2D eigenvalue weighted by molar-refractivity contribution is 4.92. The van der Waals surface area contributed by atoms with Crippen LogP contribution in [0, 0.1) is 17.8 Å². The van der Waals surface area contributed by atoms with Crippen molar-refractivity contribution in [3.63, 3.8) is 0 Å². The first-order valence-corrected chi connectivity index (χ1v) is 4.67. The third-order valence-corrected chi connectivity index (χ3v) is 3.46. The van der Waals surface area contributed by atoms with E-state index in [0.717, 1.165) is 18.3 Å². The zero-order valence-corrected chi connectivity index (χ0v) is 8.09. The Labute approximate surface area is 69.8 Å². The van der Waals surface area contributed by atoms with E-state index in [4.69, 9.17) is 0 Å². The SMILES string of the molecule is CC(C)C1CCC(C)(O)C1C. The predicted molar refractivity (Wildman–Crippen MR) is 47.3 cm³/mol. The lowest BCUT2D eigenvalue weighted by atomic mass is 9.83. The van der Waals surface area contributed by atoms with Gasteiger partial charge in [0.05, 0.1) is 5.60 Å². The summed E-state index contributed by atoms with van der Waals surface area (Å²) in [5, 5.41) is 9.88. The molecule has 0 heterocycles. The van der Waals surface area contributed by atoms with Crippen LogP contribution in [0.1, 0.15) is 40.5 Å². The molecule has 0 aromatic carbocycles. The monoisotopic (exact) mass is 156 g/mol. The van der Waals surface area contributed by atoms with Crippen LogP contribution in [0.15, 0.2) is 0 Å². The molecule has 3 atom stereocenters. The van der Waals surface area contributed by atoms with Crippen molar-refractivity contribution in [2.75, 3.05) is 0 Å². The van der Waals surface area contributed by atoms with Gasteiger partial charge in [-0.15, -0.1) is 0 Å². The molecule has 0 bridgehead atoms. The van der Waals surface area contributed by atoms with Crippen LogP contribution in [0.3, 0.4) is 0 Å². The Balaban J connectivity index is 2.63. The van der Waals surface area contributed by atoms with Crippen LogP contribution < -0.4 is 0 Å². The first-order chi connectivity index (χ1) is 4.95. The molecule has 1 fully saturated rings. The van der Waals surface area contributed by atoms with Gasteiger partial charge >= 0.3 is 0 Å². The maximum absolute atomic E-state index is 9.88. The summed E-state index contributed by atoms with van der Waals surface area (Å²) in [6.45, 7) is 8.66. The molecule has 0 radical (unpaired) electrons. The van der Waals surface area contributed by atoms with Crippen molar-refractivity contribution in [3.05, 3.63) is 0 Å². The fourth-order valence-corrected chi connectivity index (χ4v) is 2.31.